The van der Waals surface area contributed by atoms with Gasteiger partial charge < -0.3 is 15.8 Å². The van der Waals surface area contributed by atoms with Crippen molar-refractivity contribution in [3.05, 3.63) is 22.2 Å². The summed E-state index contributed by atoms with van der Waals surface area (Å²) in [7, 11) is 1.66. The smallest absolute Gasteiger partial charge is 0.234 e. The van der Waals surface area contributed by atoms with Gasteiger partial charge in [0.2, 0.25) is 5.91 Å². The van der Waals surface area contributed by atoms with E-state index in [0.29, 0.717) is 33.8 Å². The lowest BCUT2D eigenvalue weighted by Gasteiger charge is -2.10. The van der Waals surface area contributed by atoms with Crippen LogP contribution in [0, 0.1) is 0 Å². The van der Waals surface area contributed by atoms with E-state index in [-0.39, 0.29) is 5.91 Å². The van der Waals surface area contributed by atoms with Crippen LogP contribution in [0.15, 0.2) is 12.1 Å². The third kappa shape index (κ3) is 5.91. The number of anilines is 2. The van der Waals surface area contributed by atoms with Crippen molar-refractivity contribution in [2.75, 3.05) is 36.3 Å². The zero-order valence-electron chi connectivity index (χ0n) is 10.5. The molecule has 1 aromatic carbocycles. The van der Waals surface area contributed by atoms with Gasteiger partial charge in [0.15, 0.2) is 0 Å². The molecule has 7 heteroatoms. The molecule has 3 N–H and O–H groups in total. The SMILES string of the molecule is COCCCSCC(=O)Nc1c(Cl)cc(N)cc1Cl. The molecule has 0 saturated heterocycles. The fourth-order valence-electron chi connectivity index (χ4n) is 1.36. The maximum atomic E-state index is 11.7. The Morgan fingerprint density at radius 3 is 2.63 bits per heavy atom. The van der Waals surface area contributed by atoms with Gasteiger partial charge >= 0.3 is 0 Å². The second-order valence-electron chi connectivity index (χ2n) is 3.81. The van der Waals surface area contributed by atoms with Crippen LogP contribution in [0.25, 0.3) is 0 Å². The highest BCUT2D eigenvalue weighted by Gasteiger charge is 2.10. The molecule has 0 aliphatic heterocycles. The Kier molecular flexibility index (Phi) is 7.38. The second kappa shape index (κ2) is 8.53. The fraction of sp³-hybridized carbons (Fsp3) is 0.417. The van der Waals surface area contributed by atoms with E-state index < -0.39 is 0 Å². The molecule has 4 nitrogen and oxygen atoms in total. The van der Waals surface area contributed by atoms with E-state index in [0.717, 1.165) is 12.2 Å². The molecule has 106 valence electrons. The number of nitrogens with two attached hydrogens (primary N) is 1. The number of methoxy groups -OCH3 is 1. The Morgan fingerprint density at radius 1 is 1.42 bits per heavy atom. The topological polar surface area (TPSA) is 64.3 Å². The van der Waals surface area contributed by atoms with Gasteiger partial charge in [0.1, 0.15) is 0 Å². The van der Waals surface area contributed by atoms with Gasteiger partial charge in [-0.15, -0.1) is 0 Å². The van der Waals surface area contributed by atoms with Gasteiger partial charge in [0.25, 0.3) is 0 Å². The van der Waals surface area contributed by atoms with Crippen molar-refractivity contribution < 1.29 is 9.53 Å². The van der Waals surface area contributed by atoms with Gasteiger partial charge in [-0.1, -0.05) is 23.2 Å². The minimum Gasteiger partial charge on any atom is -0.399 e. The molecule has 0 fully saturated rings. The molecular formula is C12H16Cl2N2O2S. The minimum atomic E-state index is -0.143. The Bertz CT molecular complexity index is 421. The molecule has 0 unspecified atom stereocenters. The summed E-state index contributed by atoms with van der Waals surface area (Å²) in [5.74, 6) is 1.07. The number of benzene rings is 1. The number of nitrogens with one attached hydrogen (secondary N) is 1. The maximum Gasteiger partial charge on any atom is 0.234 e. The third-order valence-electron chi connectivity index (χ3n) is 2.20. The number of carbonyl (C=O) groups is 1. The van der Waals surface area contributed by atoms with Crippen LogP contribution < -0.4 is 11.1 Å². The number of thioether (sulfide) groups is 1. The Labute approximate surface area is 127 Å². The molecule has 0 spiro atoms. The molecule has 0 aromatic heterocycles. The highest BCUT2D eigenvalue weighted by atomic mass is 35.5. The normalized spacial score (nSPS) is 10.5. The first-order valence-electron chi connectivity index (χ1n) is 5.65. The molecule has 0 atom stereocenters. The standard InChI is InChI=1S/C12H16Cl2N2O2S/c1-18-3-2-4-19-7-11(17)16-12-9(13)5-8(15)6-10(12)14/h5-6H,2-4,7,15H2,1H3,(H,16,17). The van der Waals surface area contributed by atoms with Gasteiger partial charge in [-0.3, -0.25) is 4.79 Å². The molecule has 1 rings (SSSR count). The summed E-state index contributed by atoms with van der Waals surface area (Å²) in [4.78, 5) is 11.7. The van der Waals surface area contributed by atoms with Crippen LogP contribution in [0.3, 0.4) is 0 Å². The molecule has 1 amide bonds. The van der Waals surface area contributed by atoms with Crippen molar-refractivity contribution in [2.45, 2.75) is 6.42 Å². The van der Waals surface area contributed by atoms with Crippen LogP contribution in [0.2, 0.25) is 10.0 Å². The molecule has 1 aromatic rings. The molecule has 0 bridgehead atoms. The molecule has 19 heavy (non-hydrogen) atoms. The van der Waals surface area contributed by atoms with E-state index in [1.165, 1.54) is 11.8 Å². The molecule has 0 aliphatic carbocycles. The summed E-state index contributed by atoms with van der Waals surface area (Å²) in [6.45, 7) is 0.699. The lowest BCUT2D eigenvalue weighted by molar-refractivity contribution is -0.113. The van der Waals surface area contributed by atoms with E-state index in [9.17, 15) is 4.79 Å². The van der Waals surface area contributed by atoms with Gasteiger partial charge in [0.05, 0.1) is 21.5 Å². The molecule has 0 radical (unpaired) electrons. The van der Waals surface area contributed by atoms with Crippen LogP contribution in [0.5, 0.6) is 0 Å². The van der Waals surface area contributed by atoms with Crippen LogP contribution in [0.4, 0.5) is 11.4 Å². The number of amides is 1. The highest BCUT2D eigenvalue weighted by Crippen LogP contribution is 2.32. The number of carbonyl (C=O) groups excluding carboxylic acids is 1. The summed E-state index contributed by atoms with van der Waals surface area (Å²) in [6, 6.07) is 3.10. The lowest BCUT2D eigenvalue weighted by Crippen LogP contribution is -2.15. The first kappa shape index (κ1) is 16.4. The molecule has 0 aliphatic rings. The molecular weight excluding hydrogens is 307 g/mol. The van der Waals surface area contributed by atoms with Gasteiger partial charge in [0, 0.05) is 19.4 Å². The number of hydrogen-bond donors (Lipinski definition) is 2. The number of ether oxygens (including phenoxy) is 1. The lowest BCUT2D eigenvalue weighted by atomic mass is 10.3. The maximum absolute atomic E-state index is 11.7. The summed E-state index contributed by atoms with van der Waals surface area (Å²) in [5, 5.41) is 3.36. The summed E-state index contributed by atoms with van der Waals surface area (Å²) in [5.41, 5.74) is 6.45. The number of rotatable bonds is 7. The predicted molar refractivity (Wildman–Crippen MR) is 83.3 cm³/mol. The van der Waals surface area contributed by atoms with E-state index >= 15 is 0 Å². The first-order valence-corrected chi connectivity index (χ1v) is 7.56. The van der Waals surface area contributed by atoms with Gasteiger partial charge in [-0.05, 0) is 24.3 Å². The van der Waals surface area contributed by atoms with E-state index in [1.807, 2.05) is 0 Å². The van der Waals surface area contributed by atoms with Crippen LogP contribution in [0.1, 0.15) is 6.42 Å². The highest BCUT2D eigenvalue weighted by molar-refractivity contribution is 7.99. The van der Waals surface area contributed by atoms with Crippen molar-refractivity contribution in [3.63, 3.8) is 0 Å². The number of halogens is 2. The van der Waals surface area contributed by atoms with Crippen LogP contribution in [-0.2, 0) is 9.53 Å². The zero-order valence-corrected chi connectivity index (χ0v) is 12.9. The van der Waals surface area contributed by atoms with Crippen LogP contribution >= 0.6 is 35.0 Å². The average molecular weight is 323 g/mol. The van der Waals surface area contributed by atoms with E-state index in [2.05, 4.69) is 5.32 Å². The van der Waals surface area contributed by atoms with Crippen molar-refractivity contribution in [2.24, 2.45) is 0 Å². The Balaban J connectivity index is 2.44. The summed E-state index contributed by atoms with van der Waals surface area (Å²) >= 11 is 13.5. The monoisotopic (exact) mass is 322 g/mol. The van der Waals surface area contributed by atoms with Crippen LogP contribution in [-0.4, -0.2) is 31.1 Å². The summed E-state index contributed by atoms with van der Waals surface area (Å²) < 4.78 is 4.93. The Hall–Kier alpha value is -0.620. The van der Waals surface area contributed by atoms with Gasteiger partial charge in [-0.25, -0.2) is 0 Å². The minimum absolute atomic E-state index is 0.143. The second-order valence-corrected chi connectivity index (χ2v) is 5.73. The third-order valence-corrected chi connectivity index (χ3v) is 3.84. The van der Waals surface area contributed by atoms with Crippen molar-refractivity contribution in [1.82, 2.24) is 0 Å². The van der Waals surface area contributed by atoms with Crippen molar-refractivity contribution in [1.29, 1.82) is 0 Å². The zero-order chi connectivity index (χ0) is 14.3. The molecule has 0 saturated carbocycles. The number of nitrogen functional groups attached to an aromatic ring is 1. The average Bonchev–Trinajstić information content (AvgIpc) is 2.33. The van der Waals surface area contributed by atoms with E-state index in [4.69, 9.17) is 33.7 Å². The van der Waals surface area contributed by atoms with E-state index in [1.54, 1.807) is 19.2 Å². The predicted octanol–water partition coefficient (Wildman–Crippen LogP) is 3.28. The van der Waals surface area contributed by atoms with Gasteiger partial charge in [-0.2, -0.15) is 11.8 Å². The van der Waals surface area contributed by atoms with Crippen molar-refractivity contribution >= 4 is 52.2 Å². The first-order chi connectivity index (χ1) is 9.04. The largest absolute Gasteiger partial charge is 0.399 e. The quantitative estimate of drug-likeness (QED) is 0.597. The van der Waals surface area contributed by atoms with Crippen molar-refractivity contribution in [3.8, 4) is 0 Å². The molecule has 0 heterocycles. The summed E-state index contributed by atoms with van der Waals surface area (Å²) in [6.07, 6.45) is 0.915. The number of hydrogen-bond acceptors (Lipinski definition) is 4. The Morgan fingerprint density at radius 2 is 2.05 bits per heavy atom. The fourth-order valence-corrected chi connectivity index (χ4v) is 2.68.